The first-order valence-corrected chi connectivity index (χ1v) is 9.04. The summed E-state index contributed by atoms with van der Waals surface area (Å²) in [5.74, 6) is 1.21. The molecule has 0 saturated heterocycles. The number of imidazole rings is 1. The Labute approximate surface area is 156 Å². The molecule has 1 aliphatic rings. The monoisotopic (exact) mass is 371 g/mol. The molecule has 0 fully saturated rings. The van der Waals surface area contributed by atoms with Crippen LogP contribution in [0.2, 0.25) is 10.0 Å². The summed E-state index contributed by atoms with van der Waals surface area (Å²) in [5.41, 5.74) is 2.80. The van der Waals surface area contributed by atoms with Gasteiger partial charge in [-0.3, -0.25) is 4.79 Å². The van der Waals surface area contributed by atoms with E-state index < -0.39 is 0 Å². The highest BCUT2D eigenvalue weighted by Crippen LogP contribution is 2.26. The average Bonchev–Trinajstić information content (AvgIpc) is 3.20. The number of carbonyl (C=O) groups is 1. The largest absolute Gasteiger partial charge is 0.290 e. The number of nitrogens with zero attached hydrogens (tertiary/aromatic N) is 2. The van der Waals surface area contributed by atoms with Crippen LogP contribution in [0, 0.1) is 0 Å². The topological polar surface area (TPSA) is 25.9 Å². The van der Waals surface area contributed by atoms with Gasteiger partial charge in [-0.25, -0.2) is 9.13 Å². The van der Waals surface area contributed by atoms with Crippen LogP contribution < -0.4 is 4.57 Å². The van der Waals surface area contributed by atoms with Crippen molar-refractivity contribution in [2.45, 2.75) is 25.9 Å². The highest BCUT2D eigenvalue weighted by molar-refractivity contribution is 6.33. The fourth-order valence-electron chi connectivity index (χ4n) is 3.42. The summed E-state index contributed by atoms with van der Waals surface area (Å²) in [4.78, 5) is 12.7. The molecule has 25 heavy (non-hydrogen) atoms. The lowest BCUT2D eigenvalue weighted by molar-refractivity contribution is -0.689. The molecule has 0 unspecified atom stereocenters. The first-order valence-electron chi connectivity index (χ1n) is 8.29. The quantitative estimate of drug-likeness (QED) is 0.486. The van der Waals surface area contributed by atoms with Crippen molar-refractivity contribution >= 4 is 29.0 Å². The van der Waals surface area contributed by atoms with Crippen LogP contribution in [0.1, 0.15) is 22.6 Å². The van der Waals surface area contributed by atoms with Gasteiger partial charge in [0.25, 0.3) is 5.82 Å². The van der Waals surface area contributed by atoms with E-state index in [1.54, 1.807) is 12.1 Å². The molecule has 0 bridgehead atoms. The number of halogens is 2. The molecule has 0 spiro atoms. The second-order valence-corrected chi connectivity index (χ2v) is 7.07. The van der Waals surface area contributed by atoms with Crippen molar-refractivity contribution in [1.29, 1.82) is 0 Å². The van der Waals surface area contributed by atoms with E-state index in [9.17, 15) is 4.79 Å². The number of hydrogen-bond acceptors (Lipinski definition) is 1. The van der Waals surface area contributed by atoms with Gasteiger partial charge in [-0.1, -0.05) is 35.3 Å². The minimum absolute atomic E-state index is 0.0264. The molecule has 0 aliphatic carbocycles. The Hall–Kier alpha value is -2.10. The Morgan fingerprint density at radius 1 is 1.08 bits per heavy atom. The lowest BCUT2D eigenvalue weighted by Crippen LogP contribution is -2.40. The summed E-state index contributed by atoms with van der Waals surface area (Å²) >= 11 is 12.2. The van der Waals surface area contributed by atoms with Gasteiger partial charge in [-0.2, -0.15) is 0 Å². The molecular formula is C20H17Cl2N2O+. The Kier molecular flexibility index (Phi) is 4.36. The molecule has 1 aliphatic heterocycles. The van der Waals surface area contributed by atoms with Crippen molar-refractivity contribution in [2.24, 2.45) is 0 Å². The van der Waals surface area contributed by atoms with Crippen molar-refractivity contribution in [1.82, 2.24) is 4.57 Å². The fourth-order valence-corrected chi connectivity index (χ4v) is 3.79. The van der Waals surface area contributed by atoms with Gasteiger partial charge in [0.2, 0.25) is 5.78 Å². The zero-order chi connectivity index (χ0) is 17.4. The molecule has 2 aromatic carbocycles. The predicted octanol–water partition coefficient (Wildman–Crippen LogP) is 4.58. The standard InChI is InChI=1S/C20H17Cl2N2O/c21-15-9-7-14(8-10-15)18-12-23(20-6-3-11-24(18)20)13-19(25)16-4-1-2-5-17(16)22/h1-2,4-5,7-10,12H,3,6,11,13H2/q+1. The summed E-state index contributed by atoms with van der Waals surface area (Å²) in [6.07, 6.45) is 4.13. The second kappa shape index (κ2) is 6.66. The maximum atomic E-state index is 12.7. The minimum atomic E-state index is 0.0264. The highest BCUT2D eigenvalue weighted by atomic mass is 35.5. The molecule has 0 atom stereocenters. The molecule has 2 heterocycles. The van der Waals surface area contributed by atoms with Crippen LogP contribution in [0.4, 0.5) is 0 Å². The van der Waals surface area contributed by atoms with E-state index in [0.717, 1.165) is 35.7 Å². The van der Waals surface area contributed by atoms with Crippen LogP contribution in [0.5, 0.6) is 0 Å². The van der Waals surface area contributed by atoms with Crippen molar-refractivity contribution in [3.05, 3.63) is 76.2 Å². The molecule has 4 rings (SSSR count). The van der Waals surface area contributed by atoms with Crippen molar-refractivity contribution < 1.29 is 9.36 Å². The third-order valence-electron chi connectivity index (χ3n) is 4.62. The number of ketones is 1. The van der Waals surface area contributed by atoms with E-state index in [1.807, 2.05) is 36.4 Å². The third kappa shape index (κ3) is 3.10. The predicted molar refractivity (Wildman–Crippen MR) is 99.2 cm³/mol. The molecular weight excluding hydrogens is 355 g/mol. The summed E-state index contributed by atoms with van der Waals surface area (Å²) in [7, 11) is 0. The van der Waals surface area contributed by atoms with Gasteiger partial charge in [0.1, 0.15) is 6.20 Å². The maximum Gasteiger partial charge on any atom is 0.257 e. The fraction of sp³-hybridized carbons (Fsp3) is 0.200. The van der Waals surface area contributed by atoms with Crippen LogP contribution in [-0.2, 0) is 19.5 Å². The maximum absolute atomic E-state index is 12.7. The Morgan fingerprint density at radius 3 is 2.60 bits per heavy atom. The lowest BCUT2D eigenvalue weighted by atomic mass is 10.1. The van der Waals surface area contributed by atoms with E-state index >= 15 is 0 Å². The number of fused-ring (bicyclic) bond motifs is 1. The average molecular weight is 372 g/mol. The van der Waals surface area contributed by atoms with Gasteiger partial charge in [-0.15, -0.1) is 0 Å². The van der Waals surface area contributed by atoms with Gasteiger partial charge in [0.15, 0.2) is 12.2 Å². The van der Waals surface area contributed by atoms with Crippen LogP contribution in [-0.4, -0.2) is 10.4 Å². The van der Waals surface area contributed by atoms with Crippen molar-refractivity contribution in [2.75, 3.05) is 0 Å². The number of benzene rings is 2. The van der Waals surface area contributed by atoms with E-state index in [1.165, 1.54) is 5.82 Å². The Bertz CT molecular complexity index is 945. The van der Waals surface area contributed by atoms with E-state index in [-0.39, 0.29) is 5.78 Å². The van der Waals surface area contributed by atoms with Crippen molar-refractivity contribution in [3.63, 3.8) is 0 Å². The Balaban J connectivity index is 1.69. The van der Waals surface area contributed by atoms with Gasteiger partial charge in [-0.05, 0) is 42.8 Å². The molecule has 0 amide bonds. The summed E-state index contributed by atoms with van der Waals surface area (Å²) in [6, 6.07) is 15.0. The SMILES string of the molecule is O=C(C[n+]1cc(-c2ccc(Cl)cc2)n2c1CCC2)c1ccccc1Cl. The van der Waals surface area contributed by atoms with Gasteiger partial charge >= 0.3 is 0 Å². The molecule has 1 aromatic heterocycles. The normalized spacial score (nSPS) is 13.0. The van der Waals surface area contributed by atoms with Crippen LogP contribution in [0.15, 0.2) is 54.7 Å². The number of Topliss-reactive ketones (excluding diaryl/α,β-unsaturated/α-hetero) is 1. The summed E-state index contributed by atoms with van der Waals surface area (Å²) < 4.78 is 4.35. The zero-order valence-electron chi connectivity index (χ0n) is 13.6. The molecule has 0 N–H and O–H groups in total. The molecule has 3 nitrogen and oxygen atoms in total. The number of rotatable bonds is 4. The number of aromatic nitrogens is 2. The smallest absolute Gasteiger partial charge is 0.257 e. The van der Waals surface area contributed by atoms with Crippen molar-refractivity contribution in [3.8, 4) is 11.3 Å². The highest BCUT2D eigenvalue weighted by Gasteiger charge is 2.30. The van der Waals surface area contributed by atoms with Crippen LogP contribution in [0.3, 0.4) is 0 Å². The number of carbonyl (C=O) groups excluding carboxylic acids is 1. The first kappa shape index (κ1) is 16.4. The minimum Gasteiger partial charge on any atom is -0.290 e. The molecule has 126 valence electrons. The second-order valence-electron chi connectivity index (χ2n) is 6.22. The molecule has 0 radical (unpaired) electrons. The van der Waals surface area contributed by atoms with Crippen LogP contribution >= 0.6 is 23.2 Å². The molecule has 5 heteroatoms. The first-order chi connectivity index (χ1) is 12.1. The zero-order valence-corrected chi connectivity index (χ0v) is 15.1. The van der Waals surface area contributed by atoms with Gasteiger partial charge in [0, 0.05) is 16.1 Å². The molecule has 3 aromatic rings. The van der Waals surface area contributed by atoms with E-state index in [2.05, 4.69) is 15.3 Å². The Morgan fingerprint density at radius 2 is 1.84 bits per heavy atom. The van der Waals surface area contributed by atoms with E-state index in [4.69, 9.17) is 23.2 Å². The van der Waals surface area contributed by atoms with Gasteiger partial charge < -0.3 is 0 Å². The summed E-state index contributed by atoms with van der Waals surface area (Å²) in [6.45, 7) is 1.27. The van der Waals surface area contributed by atoms with Crippen LogP contribution in [0.25, 0.3) is 11.3 Å². The number of hydrogen-bond donors (Lipinski definition) is 0. The third-order valence-corrected chi connectivity index (χ3v) is 5.20. The summed E-state index contributed by atoms with van der Waals surface area (Å²) in [5, 5.41) is 1.22. The van der Waals surface area contributed by atoms with E-state index in [0.29, 0.717) is 17.1 Å². The van der Waals surface area contributed by atoms with Gasteiger partial charge in [0.05, 0.1) is 18.0 Å². The lowest BCUT2D eigenvalue weighted by Gasteiger charge is -2.02. The molecule has 0 saturated carbocycles.